The van der Waals surface area contributed by atoms with Crippen LogP contribution in [0.25, 0.3) is 0 Å². The van der Waals surface area contributed by atoms with Crippen LogP contribution in [-0.4, -0.2) is 63.7 Å². The summed E-state index contributed by atoms with van der Waals surface area (Å²) >= 11 is 0. The van der Waals surface area contributed by atoms with Crippen molar-refractivity contribution in [2.75, 3.05) is 38.5 Å². The SMILES string of the molecule is CCc1nc2n(n1)CC(C(=O)N1CCN(C)CC1)=C(C)N2. The van der Waals surface area contributed by atoms with Gasteiger partial charge in [0.1, 0.15) is 0 Å². The highest BCUT2D eigenvalue weighted by Crippen LogP contribution is 2.21. The summed E-state index contributed by atoms with van der Waals surface area (Å²) in [6.07, 6.45) is 0.794. The molecule has 0 unspecified atom stereocenters. The fourth-order valence-corrected chi connectivity index (χ4v) is 2.68. The molecule has 1 amide bonds. The van der Waals surface area contributed by atoms with Crippen LogP contribution in [0.2, 0.25) is 0 Å². The summed E-state index contributed by atoms with van der Waals surface area (Å²) in [5.74, 6) is 1.66. The zero-order valence-corrected chi connectivity index (χ0v) is 12.9. The first kappa shape index (κ1) is 14.1. The van der Waals surface area contributed by atoms with Crippen molar-refractivity contribution in [3.63, 3.8) is 0 Å². The van der Waals surface area contributed by atoms with Gasteiger partial charge < -0.3 is 15.1 Å². The van der Waals surface area contributed by atoms with Crippen molar-refractivity contribution in [1.29, 1.82) is 0 Å². The second-order valence-electron chi connectivity index (χ2n) is 5.69. The number of likely N-dealkylation sites (N-methyl/N-ethyl adjacent to an activating group) is 1. The summed E-state index contributed by atoms with van der Waals surface area (Å²) in [4.78, 5) is 21.3. The molecule has 2 aliphatic rings. The Kier molecular flexibility index (Phi) is 3.67. The molecule has 1 N–H and O–H groups in total. The monoisotopic (exact) mass is 290 g/mol. The Bertz CT molecular complexity index is 582. The summed E-state index contributed by atoms with van der Waals surface area (Å²) in [5.41, 5.74) is 1.68. The average Bonchev–Trinajstić information content (AvgIpc) is 2.88. The third-order valence-electron chi connectivity index (χ3n) is 4.14. The Balaban J connectivity index is 1.77. The van der Waals surface area contributed by atoms with Gasteiger partial charge in [-0.15, -0.1) is 0 Å². The van der Waals surface area contributed by atoms with E-state index in [2.05, 4.69) is 27.3 Å². The number of allylic oxidation sites excluding steroid dienone is 1. The van der Waals surface area contributed by atoms with Gasteiger partial charge in [-0.3, -0.25) is 4.79 Å². The molecular formula is C14H22N6O. The van der Waals surface area contributed by atoms with Gasteiger partial charge in [-0.05, 0) is 14.0 Å². The Morgan fingerprint density at radius 3 is 2.67 bits per heavy atom. The minimum Gasteiger partial charge on any atom is -0.336 e. The highest BCUT2D eigenvalue weighted by Gasteiger charge is 2.27. The zero-order chi connectivity index (χ0) is 15.0. The molecular weight excluding hydrogens is 268 g/mol. The van der Waals surface area contributed by atoms with E-state index in [1.165, 1.54) is 0 Å². The van der Waals surface area contributed by atoms with Crippen molar-refractivity contribution in [2.45, 2.75) is 26.8 Å². The van der Waals surface area contributed by atoms with E-state index in [4.69, 9.17) is 0 Å². The predicted molar refractivity (Wildman–Crippen MR) is 79.8 cm³/mol. The molecule has 0 radical (unpaired) electrons. The number of hydrogen-bond donors (Lipinski definition) is 1. The van der Waals surface area contributed by atoms with Crippen molar-refractivity contribution in [1.82, 2.24) is 24.6 Å². The number of nitrogens with zero attached hydrogens (tertiary/aromatic N) is 5. The molecule has 1 aromatic heterocycles. The number of hydrogen-bond acceptors (Lipinski definition) is 5. The fraction of sp³-hybridized carbons (Fsp3) is 0.643. The molecule has 21 heavy (non-hydrogen) atoms. The van der Waals surface area contributed by atoms with Gasteiger partial charge in [-0.2, -0.15) is 10.1 Å². The van der Waals surface area contributed by atoms with E-state index in [0.717, 1.165) is 55.6 Å². The third-order valence-corrected chi connectivity index (χ3v) is 4.14. The van der Waals surface area contributed by atoms with Crippen LogP contribution < -0.4 is 5.32 Å². The highest BCUT2D eigenvalue weighted by molar-refractivity contribution is 5.95. The fourth-order valence-electron chi connectivity index (χ4n) is 2.68. The first-order chi connectivity index (χ1) is 10.1. The van der Waals surface area contributed by atoms with Crippen LogP contribution >= 0.6 is 0 Å². The molecule has 114 valence electrons. The normalized spacial score (nSPS) is 19.5. The molecule has 7 nitrogen and oxygen atoms in total. The molecule has 3 rings (SSSR count). The van der Waals surface area contributed by atoms with Gasteiger partial charge >= 0.3 is 0 Å². The van der Waals surface area contributed by atoms with Gasteiger partial charge in [0, 0.05) is 38.3 Å². The molecule has 0 bridgehead atoms. The Morgan fingerprint density at radius 2 is 2.00 bits per heavy atom. The standard InChI is InChI=1S/C14H22N6O/c1-4-12-16-14-15-10(2)11(9-20(14)17-12)13(21)19-7-5-18(3)6-8-19/h4-9H2,1-3H3,(H,15,16,17). The van der Waals surface area contributed by atoms with Crippen molar-refractivity contribution in [3.05, 3.63) is 17.1 Å². The lowest BCUT2D eigenvalue weighted by Gasteiger charge is -2.34. The topological polar surface area (TPSA) is 66.3 Å². The maximum absolute atomic E-state index is 12.7. The lowest BCUT2D eigenvalue weighted by atomic mass is 10.1. The van der Waals surface area contributed by atoms with E-state index in [0.29, 0.717) is 6.54 Å². The Labute approximate surface area is 124 Å². The van der Waals surface area contributed by atoms with Crippen LogP contribution in [0, 0.1) is 0 Å². The maximum Gasteiger partial charge on any atom is 0.253 e. The molecule has 2 aliphatic heterocycles. The summed E-state index contributed by atoms with van der Waals surface area (Å²) in [6, 6.07) is 0. The molecule has 0 saturated carbocycles. The van der Waals surface area contributed by atoms with Crippen LogP contribution in [0.5, 0.6) is 0 Å². The number of piperazine rings is 1. The average molecular weight is 290 g/mol. The molecule has 3 heterocycles. The Hall–Kier alpha value is -1.89. The van der Waals surface area contributed by atoms with Gasteiger partial charge in [0.15, 0.2) is 5.82 Å². The first-order valence-electron chi connectivity index (χ1n) is 7.46. The summed E-state index contributed by atoms with van der Waals surface area (Å²) < 4.78 is 1.79. The second kappa shape index (κ2) is 5.48. The van der Waals surface area contributed by atoms with Crippen molar-refractivity contribution in [2.24, 2.45) is 0 Å². The molecule has 0 aromatic carbocycles. The third kappa shape index (κ3) is 2.65. The molecule has 0 aliphatic carbocycles. The lowest BCUT2D eigenvalue weighted by molar-refractivity contribution is -0.129. The number of rotatable bonds is 2. The van der Waals surface area contributed by atoms with Gasteiger partial charge in [0.05, 0.1) is 12.1 Å². The van der Waals surface area contributed by atoms with Gasteiger partial charge in [0.2, 0.25) is 5.95 Å². The molecule has 0 atom stereocenters. The molecule has 1 saturated heterocycles. The quantitative estimate of drug-likeness (QED) is 0.849. The van der Waals surface area contributed by atoms with Crippen LogP contribution in [-0.2, 0) is 17.8 Å². The van der Waals surface area contributed by atoms with Crippen LogP contribution in [0.1, 0.15) is 19.7 Å². The van der Waals surface area contributed by atoms with Gasteiger partial charge in [-0.25, -0.2) is 4.68 Å². The van der Waals surface area contributed by atoms with E-state index in [9.17, 15) is 4.79 Å². The minimum absolute atomic E-state index is 0.118. The van der Waals surface area contributed by atoms with Crippen LogP contribution in [0.3, 0.4) is 0 Å². The first-order valence-corrected chi connectivity index (χ1v) is 7.46. The van der Waals surface area contributed by atoms with E-state index >= 15 is 0 Å². The van der Waals surface area contributed by atoms with Crippen molar-refractivity contribution in [3.8, 4) is 0 Å². The van der Waals surface area contributed by atoms with Gasteiger partial charge in [0.25, 0.3) is 5.91 Å². The van der Waals surface area contributed by atoms with Crippen molar-refractivity contribution >= 4 is 11.9 Å². The lowest BCUT2D eigenvalue weighted by Crippen LogP contribution is -2.48. The molecule has 0 spiro atoms. The number of aromatic nitrogens is 3. The highest BCUT2D eigenvalue weighted by atomic mass is 16.2. The molecule has 1 fully saturated rings. The molecule has 1 aromatic rings. The number of nitrogens with one attached hydrogen (secondary N) is 1. The predicted octanol–water partition coefficient (Wildman–Crippen LogP) is 0.314. The van der Waals surface area contributed by atoms with Crippen LogP contribution in [0.4, 0.5) is 5.95 Å². The number of fused-ring (bicyclic) bond motifs is 1. The second-order valence-corrected chi connectivity index (χ2v) is 5.69. The van der Waals surface area contributed by atoms with Crippen molar-refractivity contribution < 1.29 is 4.79 Å². The zero-order valence-electron chi connectivity index (χ0n) is 12.9. The van der Waals surface area contributed by atoms with Gasteiger partial charge in [-0.1, -0.05) is 6.92 Å². The number of anilines is 1. The van der Waals surface area contributed by atoms with E-state index < -0.39 is 0 Å². The summed E-state index contributed by atoms with van der Waals surface area (Å²) in [5, 5.41) is 7.63. The Morgan fingerprint density at radius 1 is 1.29 bits per heavy atom. The summed E-state index contributed by atoms with van der Waals surface area (Å²) in [7, 11) is 2.09. The largest absolute Gasteiger partial charge is 0.336 e. The van der Waals surface area contributed by atoms with E-state index in [-0.39, 0.29) is 5.91 Å². The van der Waals surface area contributed by atoms with Crippen LogP contribution in [0.15, 0.2) is 11.3 Å². The van der Waals surface area contributed by atoms with E-state index in [1.807, 2.05) is 18.7 Å². The number of aryl methyl sites for hydroxylation is 1. The number of carbonyl (C=O) groups excluding carboxylic acids is 1. The smallest absolute Gasteiger partial charge is 0.253 e. The maximum atomic E-state index is 12.7. The summed E-state index contributed by atoms with van der Waals surface area (Å²) in [6.45, 7) is 7.91. The molecule has 7 heteroatoms. The minimum atomic E-state index is 0.118. The van der Waals surface area contributed by atoms with E-state index in [1.54, 1.807) is 4.68 Å². The number of amides is 1. The number of carbonyl (C=O) groups is 1.